The molecule has 2 aliphatic carbocycles. The van der Waals surface area contributed by atoms with Crippen LogP contribution in [0.3, 0.4) is 0 Å². The van der Waals surface area contributed by atoms with Crippen molar-refractivity contribution in [3.63, 3.8) is 0 Å². The fourth-order valence-electron chi connectivity index (χ4n) is 3.21. The number of aryl methyl sites for hydroxylation is 2. The van der Waals surface area contributed by atoms with E-state index in [0.717, 1.165) is 40.8 Å². The minimum absolute atomic E-state index is 0.194. The molecule has 0 saturated heterocycles. The Morgan fingerprint density at radius 1 is 0.846 bits per heavy atom. The van der Waals surface area contributed by atoms with Crippen LogP contribution in [-0.4, -0.2) is 37.0 Å². The molecule has 0 saturated carbocycles. The summed E-state index contributed by atoms with van der Waals surface area (Å²) in [6.45, 7) is 1.12. The van der Waals surface area contributed by atoms with Gasteiger partial charge in [-0.2, -0.15) is 0 Å². The SMILES string of the molecule is COCCOc1ccc2c(c1)CCC2=O.O=C1CCc2cc(O)ccc21. The number of benzene rings is 2. The van der Waals surface area contributed by atoms with Crippen molar-refractivity contribution in [2.24, 2.45) is 0 Å². The first-order chi connectivity index (χ1) is 12.6. The number of phenols is 1. The Balaban J connectivity index is 0.000000158. The van der Waals surface area contributed by atoms with Crippen molar-refractivity contribution in [3.05, 3.63) is 58.7 Å². The highest BCUT2D eigenvalue weighted by molar-refractivity contribution is 6.01. The molecule has 2 aromatic rings. The van der Waals surface area contributed by atoms with E-state index in [1.54, 1.807) is 25.3 Å². The molecule has 2 aliphatic rings. The van der Waals surface area contributed by atoms with Crippen LogP contribution in [0.2, 0.25) is 0 Å². The maximum atomic E-state index is 11.4. The van der Waals surface area contributed by atoms with Gasteiger partial charge in [-0.3, -0.25) is 9.59 Å². The zero-order chi connectivity index (χ0) is 18.5. The molecule has 0 fully saturated rings. The third kappa shape index (κ3) is 4.11. The lowest BCUT2D eigenvalue weighted by Gasteiger charge is -2.06. The van der Waals surface area contributed by atoms with Gasteiger partial charge in [0.2, 0.25) is 0 Å². The van der Waals surface area contributed by atoms with E-state index in [1.807, 2.05) is 18.2 Å². The minimum atomic E-state index is 0.194. The summed E-state index contributed by atoms with van der Waals surface area (Å²) >= 11 is 0. The second-order valence-electron chi connectivity index (χ2n) is 6.35. The highest BCUT2D eigenvalue weighted by Crippen LogP contribution is 2.26. The van der Waals surface area contributed by atoms with E-state index >= 15 is 0 Å². The molecule has 0 bridgehead atoms. The van der Waals surface area contributed by atoms with Gasteiger partial charge in [-0.25, -0.2) is 0 Å². The average molecular weight is 354 g/mol. The van der Waals surface area contributed by atoms with E-state index < -0.39 is 0 Å². The zero-order valence-electron chi connectivity index (χ0n) is 14.8. The van der Waals surface area contributed by atoms with Crippen LogP contribution < -0.4 is 4.74 Å². The Morgan fingerprint density at radius 2 is 1.46 bits per heavy atom. The second kappa shape index (κ2) is 8.15. The van der Waals surface area contributed by atoms with Gasteiger partial charge in [0.15, 0.2) is 11.6 Å². The van der Waals surface area contributed by atoms with Gasteiger partial charge in [0, 0.05) is 31.1 Å². The number of carbonyl (C=O) groups is 2. The first-order valence-corrected chi connectivity index (χ1v) is 8.71. The van der Waals surface area contributed by atoms with Crippen molar-refractivity contribution in [1.29, 1.82) is 0 Å². The van der Waals surface area contributed by atoms with Crippen molar-refractivity contribution in [1.82, 2.24) is 0 Å². The van der Waals surface area contributed by atoms with E-state index in [0.29, 0.717) is 26.1 Å². The molecule has 4 rings (SSSR count). The topological polar surface area (TPSA) is 72.8 Å². The Kier molecular flexibility index (Phi) is 5.68. The summed E-state index contributed by atoms with van der Waals surface area (Å²) < 4.78 is 10.4. The smallest absolute Gasteiger partial charge is 0.163 e. The third-order valence-electron chi connectivity index (χ3n) is 4.57. The maximum absolute atomic E-state index is 11.4. The van der Waals surface area contributed by atoms with Gasteiger partial charge in [-0.15, -0.1) is 0 Å². The summed E-state index contributed by atoms with van der Waals surface area (Å²) in [5, 5.41) is 9.07. The van der Waals surface area contributed by atoms with Gasteiger partial charge >= 0.3 is 0 Å². The Bertz CT molecular complexity index is 825. The zero-order valence-corrected chi connectivity index (χ0v) is 14.8. The van der Waals surface area contributed by atoms with Crippen molar-refractivity contribution in [2.75, 3.05) is 20.3 Å². The average Bonchev–Trinajstić information content (AvgIpc) is 3.19. The largest absolute Gasteiger partial charge is 0.508 e. The molecule has 0 amide bonds. The number of hydrogen-bond acceptors (Lipinski definition) is 5. The molecule has 5 nitrogen and oxygen atoms in total. The highest BCUT2D eigenvalue weighted by atomic mass is 16.5. The number of methoxy groups -OCH3 is 1. The number of carbonyl (C=O) groups excluding carboxylic acids is 2. The number of ether oxygens (including phenoxy) is 2. The summed E-state index contributed by atoms with van der Waals surface area (Å²) in [5.41, 5.74) is 3.72. The number of fused-ring (bicyclic) bond motifs is 2. The van der Waals surface area contributed by atoms with Crippen LogP contribution in [-0.2, 0) is 17.6 Å². The number of Topliss-reactive ketones (excluding diaryl/α,β-unsaturated/α-hetero) is 2. The van der Waals surface area contributed by atoms with Gasteiger partial charge in [-0.1, -0.05) is 0 Å². The maximum Gasteiger partial charge on any atom is 0.163 e. The van der Waals surface area contributed by atoms with Crippen molar-refractivity contribution >= 4 is 11.6 Å². The van der Waals surface area contributed by atoms with Crippen LogP contribution in [0.5, 0.6) is 11.5 Å². The molecule has 5 heteroatoms. The summed E-state index contributed by atoms with van der Waals surface area (Å²) in [4.78, 5) is 22.5. The van der Waals surface area contributed by atoms with Crippen LogP contribution in [0.15, 0.2) is 36.4 Å². The molecule has 0 radical (unpaired) electrons. The van der Waals surface area contributed by atoms with Crippen molar-refractivity contribution in [2.45, 2.75) is 25.7 Å². The van der Waals surface area contributed by atoms with E-state index in [4.69, 9.17) is 14.6 Å². The molecule has 136 valence electrons. The van der Waals surface area contributed by atoms with Gasteiger partial charge in [0.25, 0.3) is 0 Å². The fraction of sp³-hybridized carbons (Fsp3) is 0.333. The molecule has 0 unspecified atom stereocenters. The normalized spacial score (nSPS) is 14.5. The van der Waals surface area contributed by atoms with Crippen LogP contribution >= 0.6 is 0 Å². The van der Waals surface area contributed by atoms with E-state index in [-0.39, 0.29) is 17.3 Å². The quantitative estimate of drug-likeness (QED) is 0.853. The van der Waals surface area contributed by atoms with Crippen LogP contribution in [0, 0.1) is 0 Å². The minimum Gasteiger partial charge on any atom is -0.508 e. The number of rotatable bonds is 4. The third-order valence-corrected chi connectivity index (χ3v) is 4.57. The summed E-state index contributed by atoms with van der Waals surface area (Å²) in [6.07, 6.45) is 2.86. The molecule has 0 aliphatic heterocycles. The molecule has 26 heavy (non-hydrogen) atoms. The van der Waals surface area contributed by atoms with E-state index in [1.165, 1.54) is 0 Å². The molecule has 0 heterocycles. The predicted molar refractivity (Wildman–Crippen MR) is 97.2 cm³/mol. The Labute approximate surface area is 152 Å². The van der Waals surface area contributed by atoms with Crippen LogP contribution in [0.25, 0.3) is 0 Å². The molecule has 2 aromatic carbocycles. The van der Waals surface area contributed by atoms with Gasteiger partial charge in [0.1, 0.15) is 18.1 Å². The van der Waals surface area contributed by atoms with Crippen LogP contribution in [0.4, 0.5) is 0 Å². The number of ketones is 2. The first kappa shape index (κ1) is 18.1. The summed E-state index contributed by atoms with van der Waals surface area (Å²) in [6, 6.07) is 10.6. The number of hydrogen-bond donors (Lipinski definition) is 1. The number of aromatic hydroxyl groups is 1. The highest BCUT2D eigenvalue weighted by Gasteiger charge is 2.19. The summed E-state index contributed by atoms with van der Waals surface area (Å²) in [5.74, 6) is 1.51. The van der Waals surface area contributed by atoms with Gasteiger partial charge < -0.3 is 14.6 Å². The van der Waals surface area contributed by atoms with E-state index in [2.05, 4.69) is 0 Å². The standard InChI is InChI=1S/C12H14O3.C9H8O2/c1-14-6-7-15-10-3-4-11-9(8-10)2-5-12(11)13;10-7-2-3-8-6(5-7)1-4-9(8)11/h3-4,8H,2,5-7H2,1H3;2-3,5,10H,1,4H2. The van der Waals surface area contributed by atoms with Crippen molar-refractivity contribution < 1.29 is 24.2 Å². The second-order valence-corrected chi connectivity index (χ2v) is 6.35. The Hall–Kier alpha value is -2.66. The predicted octanol–water partition coefficient (Wildman–Crippen LogP) is 3.36. The van der Waals surface area contributed by atoms with Crippen LogP contribution in [0.1, 0.15) is 44.7 Å². The molecule has 0 atom stereocenters. The lowest BCUT2D eigenvalue weighted by Crippen LogP contribution is -2.04. The fourth-order valence-corrected chi connectivity index (χ4v) is 3.21. The molecule has 0 aromatic heterocycles. The van der Waals surface area contributed by atoms with Gasteiger partial charge in [0.05, 0.1) is 6.61 Å². The molecule has 0 spiro atoms. The van der Waals surface area contributed by atoms with E-state index in [9.17, 15) is 9.59 Å². The lowest BCUT2D eigenvalue weighted by molar-refractivity contribution is 0.0986. The molecular weight excluding hydrogens is 332 g/mol. The first-order valence-electron chi connectivity index (χ1n) is 8.71. The summed E-state index contributed by atoms with van der Waals surface area (Å²) in [7, 11) is 1.64. The van der Waals surface area contributed by atoms with Gasteiger partial charge in [-0.05, 0) is 60.4 Å². The Morgan fingerprint density at radius 3 is 2.12 bits per heavy atom. The van der Waals surface area contributed by atoms with Crippen molar-refractivity contribution in [3.8, 4) is 11.5 Å². The molecular formula is C21H22O5. The molecule has 1 N–H and O–H groups in total. The monoisotopic (exact) mass is 354 g/mol. The lowest BCUT2D eigenvalue weighted by atomic mass is 10.1. The number of phenolic OH excluding ortho intramolecular Hbond substituents is 1.